The number of halogens is 2. The number of para-hydroxylation sites is 1. The molecule has 0 aromatic heterocycles. The van der Waals surface area contributed by atoms with Crippen molar-refractivity contribution in [1.29, 1.82) is 0 Å². The van der Waals surface area contributed by atoms with Crippen molar-refractivity contribution >= 4 is 5.97 Å². The van der Waals surface area contributed by atoms with Crippen LogP contribution in [0.2, 0.25) is 0 Å². The predicted octanol–water partition coefficient (Wildman–Crippen LogP) is 3.70. The van der Waals surface area contributed by atoms with Crippen molar-refractivity contribution in [2.75, 3.05) is 0 Å². The molecule has 0 aliphatic carbocycles. The molecule has 1 rings (SSSR count). The number of nitrogens with two attached hydrogens (primary N) is 1. The summed E-state index contributed by atoms with van der Waals surface area (Å²) >= 11 is 0. The van der Waals surface area contributed by atoms with Crippen LogP contribution in [0.25, 0.3) is 0 Å². The van der Waals surface area contributed by atoms with Gasteiger partial charge in [-0.3, -0.25) is 4.94 Å². The largest absolute Gasteiger partial charge is 0.478 e. The Labute approximate surface area is 117 Å². The fraction of sp³-hybridized carbons (Fsp3) is 0.500. The van der Waals surface area contributed by atoms with Crippen molar-refractivity contribution in [3.05, 3.63) is 29.6 Å². The zero-order valence-electron chi connectivity index (χ0n) is 12.0. The lowest BCUT2D eigenvalue weighted by Crippen LogP contribution is -2.37. The Morgan fingerprint density at radius 2 is 1.80 bits per heavy atom. The van der Waals surface area contributed by atoms with Gasteiger partial charge < -0.3 is 10.8 Å². The highest BCUT2D eigenvalue weighted by Crippen LogP contribution is 2.22. The number of benzene rings is 1. The van der Waals surface area contributed by atoms with E-state index in [1.807, 2.05) is 0 Å². The first-order valence-electron chi connectivity index (χ1n) is 6.44. The summed E-state index contributed by atoms with van der Waals surface area (Å²) in [5, 5.41) is 8.41. The Morgan fingerprint density at radius 1 is 1.30 bits per heavy atom. The van der Waals surface area contributed by atoms with E-state index in [0.717, 1.165) is 37.5 Å². The fourth-order valence-corrected chi connectivity index (χ4v) is 1.51. The lowest BCUT2D eigenvalue weighted by molar-refractivity contribution is -0.0122. The molecule has 114 valence electrons. The molecule has 0 radical (unpaired) electrons. The number of carboxylic acid groups (broad SMARTS) is 1. The second-order valence-electron chi connectivity index (χ2n) is 4.42. The minimum absolute atomic E-state index is 0.125. The lowest BCUT2D eigenvalue weighted by Gasteiger charge is -2.23. The molecule has 0 saturated carbocycles. The molecule has 0 aliphatic rings. The summed E-state index contributed by atoms with van der Waals surface area (Å²) in [7, 11) is 0. The Balaban J connectivity index is 0.000000396. The number of carboxylic acids is 1. The zero-order valence-corrected chi connectivity index (χ0v) is 12.0. The molecule has 0 unspecified atom stereocenters. The van der Waals surface area contributed by atoms with Gasteiger partial charge in [0.25, 0.3) is 0 Å². The maximum absolute atomic E-state index is 12.6. The van der Waals surface area contributed by atoms with Gasteiger partial charge in [0.2, 0.25) is 5.75 Å². The van der Waals surface area contributed by atoms with E-state index >= 15 is 0 Å². The standard InChI is InChI=1S/C7H4F2O3.C7H17N/c8-5-3-1-2-4(7(10)11)6(5)12-9;1-4-7(8,5-2)6-3/h1-3H,(H,10,11);4-6,8H2,1-3H3. The molecule has 0 aliphatic heterocycles. The van der Waals surface area contributed by atoms with Gasteiger partial charge in [0.15, 0.2) is 5.82 Å². The molecule has 4 nitrogen and oxygen atoms in total. The van der Waals surface area contributed by atoms with Crippen LogP contribution in [0.3, 0.4) is 0 Å². The molecule has 3 N–H and O–H groups in total. The fourth-order valence-electron chi connectivity index (χ4n) is 1.51. The van der Waals surface area contributed by atoms with Crippen molar-refractivity contribution in [3.8, 4) is 5.75 Å². The summed E-state index contributed by atoms with van der Waals surface area (Å²) in [6, 6.07) is 3.10. The average molecular weight is 289 g/mol. The highest BCUT2D eigenvalue weighted by atomic mass is 19.3. The highest BCUT2D eigenvalue weighted by Gasteiger charge is 2.16. The first-order chi connectivity index (χ1) is 9.35. The molecule has 6 heteroatoms. The van der Waals surface area contributed by atoms with Crippen molar-refractivity contribution in [2.45, 2.75) is 45.6 Å². The van der Waals surface area contributed by atoms with Gasteiger partial charge in [-0.1, -0.05) is 26.8 Å². The normalized spacial score (nSPS) is 10.5. The Bertz CT molecular complexity index is 426. The van der Waals surface area contributed by atoms with Gasteiger partial charge in [-0.05, 0) is 31.4 Å². The summed E-state index contributed by atoms with van der Waals surface area (Å²) in [6.07, 6.45) is 3.29. The molecule has 0 saturated heterocycles. The molecule has 1 aromatic rings. The minimum atomic E-state index is -1.44. The van der Waals surface area contributed by atoms with Crippen molar-refractivity contribution in [2.24, 2.45) is 5.73 Å². The van der Waals surface area contributed by atoms with E-state index in [0.29, 0.717) is 0 Å². The SMILES string of the molecule is CCC(N)(CC)CC.O=C(O)c1cccc(F)c1OF. The molecule has 20 heavy (non-hydrogen) atoms. The van der Waals surface area contributed by atoms with E-state index in [9.17, 15) is 13.7 Å². The molecule has 0 heterocycles. The van der Waals surface area contributed by atoms with Crippen molar-refractivity contribution in [3.63, 3.8) is 0 Å². The molecule has 0 amide bonds. The maximum atomic E-state index is 12.6. The molecular weight excluding hydrogens is 268 g/mol. The van der Waals surface area contributed by atoms with Crippen LogP contribution in [0.5, 0.6) is 5.75 Å². The van der Waals surface area contributed by atoms with Crippen LogP contribution >= 0.6 is 0 Å². The number of aromatic carboxylic acids is 1. The maximum Gasteiger partial charge on any atom is 0.339 e. The molecule has 0 bridgehead atoms. The second kappa shape index (κ2) is 8.47. The van der Waals surface area contributed by atoms with E-state index in [1.54, 1.807) is 0 Å². The van der Waals surface area contributed by atoms with Crippen molar-refractivity contribution in [1.82, 2.24) is 0 Å². The van der Waals surface area contributed by atoms with Gasteiger partial charge in [0.1, 0.15) is 5.56 Å². The topological polar surface area (TPSA) is 72.6 Å². The first-order valence-corrected chi connectivity index (χ1v) is 6.44. The number of hydrogen-bond donors (Lipinski definition) is 2. The van der Waals surface area contributed by atoms with Gasteiger partial charge in [-0.15, -0.1) is 0 Å². The summed E-state index contributed by atoms with van der Waals surface area (Å²) in [5.74, 6) is -3.38. The molecule has 0 atom stereocenters. The molecule has 0 spiro atoms. The van der Waals surface area contributed by atoms with Crippen LogP contribution in [-0.2, 0) is 0 Å². The third-order valence-corrected chi connectivity index (χ3v) is 3.39. The van der Waals surface area contributed by atoms with E-state index in [2.05, 4.69) is 25.7 Å². The van der Waals surface area contributed by atoms with E-state index in [4.69, 9.17) is 10.8 Å². The van der Waals surface area contributed by atoms with E-state index in [1.165, 1.54) is 0 Å². The summed E-state index contributed by atoms with van der Waals surface area (Å²) in [5.41, 5.74) is 5.48. The van der Waals surface area contributed by atoms with Gasteiger partial charge in [-0.25, -0.2) is 9.18 Å². The first kappa shape index (κ1) is 18.3. The van der Waals surface area contributed by atoms with Crippen LogP contribution in [0.4, 0.5) is 8.92 Å². The van der Waals surface area contributed by atoms with Crippen molar-refractivity contribution < 1.29 is 23.8 Å². The molecule has 0 fully saturated rings. The van der Waals surface area contributed by atoms with E-state index in [-0.39, 0.29) is 5.54 Å². The zero-order chi connectivity index (χ0) is 15.8. The highest BCUT2D eigenvalue weighted by molar-refractivity contribution is 5.90. The number of hydrogen-bond acceptors (Lipinski definition) is 3. The quantitative estimate of drug-likeness (QED) is 0.866. The Kier molecular flexibility index (Phi) is 7.76. The average Bonchev–Trinajstić information content (AvgIpc) is 2.46. The third kappa shape index (κ3) is 5.13. The Morgan fingerprint density at radius 3 is 2.05 bits per heavy atom. The van der Waals surface area contributed by atoms with Gasteiger partial charge in [0, 0.05) is 10.1 Å². The molecule has 1 aromatic carbocycles. The summed E-state index contributed by atoms with van der Waals surface area (Å²) in [6.45, 7) is 6.44. The van der Waals surface area contributed by atoms with Crippen LogP contribution in [0.15, 0.2) is 18.2 Å². The van der Waals surface area contributed by atoms with Crippen LogP contribution in [-0.4, -0.2) is 16.6 Å². The summed E-state index contributed by atoms with van der Waals surface area (Å²) in [4.78, 5) is 13.4. The van der Waals surface area contributed by atoms with Crippen LogP contribution in [0.1, 0.15) is 50.4 Å². The monoisotopic (exact) mass is 289 g/mol. The number of carbonyl (C=O) groups is 1. The minimum Gasteiger partial charge on any atom is -0.478 e. The van der Waals surface area contributed by atoms with Crippen LogP contribution < -0.4 is 10.7 Å². The Hall–Kier alpha value is -1.69. The van der Waals surface area contributed by atoms with Crippen LogP contribution in [0, 0.1) is 5.82 Å². The van der Waals surface area contributed by atoms with Gasteiger partial charge >= 0.3 is 5.97 Å². The van der Waals surface area contributed by atoms with E-state index < -0.39 is 23.1 Å². The predicted molar refractivity (Wildman–Crippen MR) is 72.9 cm³/mol. The third-order valence-electron chi connectivity index (χ3n) is 3.39. The summed E-state index contributed by atoms with van der Waals surface area (Å²) < 4.78 is 24.2. The van der Waals surface area contributed by atoms with Gasteiger partial charge in [-0.2, -0.15) is 0 Å². The smallest absolute Gasteiger partial charge is 0.339 e. The second-order valence-corrected chi connectivity index (χ2v) is 4.42. The molecular formula is C14H21F2NO3. The number of rotatable bonds is 5. The van der Waals surface area contributed by atoms with Gasteiger partial charge in [0.05, 0.1) is 0 Å². The lowest BCUT2D eigenvalue weighted by atomic mass is 9.92.